The standard InChI is InChI=1S/C16H20INO3/c1-3-11(4-2)14(9-10-15(19)20)18-16(21)12-7-5-6-8-13(12)17/h5-11,14H,3-4H2,1-2H3,(H,18,21)(H,19,20). The zero-order valence-electron chi connectivity index (χ0n) is 12.2. The second-order valence-electron chi connectivity index (χ2n) is 4.75. The summed E-state index contributed by atoms with van der Waals surface area (Å²) in [5, 5.41) is 11.7. The largest absolute Gasteiger partial charge is 0.478 e. The Labute approximate surface area is 138 Å². The summed E-state index contributed by atoms with van der Waals surface area (Å²) >= 11 is 2.12. The molecule has 4 nitrogen and oxygen atoms in total. The summed E-state index contributed by atoms with van der Waals surface area (Å²) in [4.78, 5) is 23.1. The smallest absolute Gasteiger partial charge is 0.328 e. The third kappa shape index (κ3) is 5.49. The molecule has 1 unspecified atom stereocenters. The van der Waals surface area contributed by atoms with E-state index in [-0.39, 0.29) is 17.9 Å². The molecule has 0 radical (unpaired) electrons. The van der Waals surface area contributed by atoms with E-state index in [1.807, 2.05) is 32.0 Å². The van der Waals surface area contributed by atoms with Gasteiger partial charge in [-0.2, -0.15) is 0 Å². The number of carbonyl (C=O) groups excluding carboxylic acids is 1. The van der Waals surface area contributed by atoms with Gasteiger partial charge in [0.05, 0.1) is 11.6 Å². The molecular weight excluding hydrogens is 381 g/mol. The van der Waals surface area contributed by atoms with Crippen LogP contribution in [0.3, 0.4) is 0 Å². The molecule has 0 heterocycles. The third-order valence-corrected chi connectivity index (χ3v) is 4.36. The molecule has 2 N–H and O–H groups in total. The first-order chi connectivity index (χ1) is 9.99. The summed E-state index contributed by atoms with van der Waals surface area (Å²) in [7, 11) is 0. The first-order valence-electron chi connectivity index (χ1n) is 6.96. The van der Waals surface area contributed by atoms with Crippen molar-refractivity contribution in [3.8, 4) is 0 Å². The zero-order chi connectivity index (χ0) is 15.8. The minimum absolute atomic E-state index is 0.174. The molecule has 1 atom stereocenters. The van der Waals surface area contributed by atoms with Crippen LogP contribution in [0.5, 0.6) is 0 Å². The molecule has 0 bridgehead atoms. The minimum atomic E-state index is -1.01. The highest BCUT2D eigenvalue weighted by Gasteiger charge is 2.20. The molecule has 0 aliphatic rings. The van der Waals surface area contributed by atoms with Gasteiger partial charge in [-0.1, -0.05) is 44.9 Å². The van der Waals surface area contributed by atoms with Crippen molar-refractivity contribution in [3.63, 3.8) is 0 Å². The fourth-order valence-electron chi connectivity index (χ4n) is 2.18. The second-order valence-corrected chi connectivity index (χ2v) is 5.92. The molecule has 0 spiro atoms. The number of hydrogen-bond donors (Lipinski definition) is 2. The van der Waals surface area contributed by atoms with Crippen LogP contribution in [0.15, 0.2) is 36.4 Å². The third-order valence-electron chi connectivity index (χ3n) is 3.42. The maximum Gasteiger partial charge on any atom is 0.328 e. The Morgan fingerprint density at radius 2 is 1.90 bits per heavy atom. The first kappa shape index (κ1) is 17.7. The highest BCUT2D eigenvalue weighted by molar-refractivity contribution is 14.1. The zero-order valence-corrected chi connectivity index (χ0v) is 14.3. The number of halogens is 1. The molecule has 1 aromatic carbocycles. The van der Waals surface area contributed by atoms with Crippen molar-refractivity contribution >= 4 is 34.5 Å². The van der Waals surface area contributed by atoms with Gasteiger partial charge in [0.25, 0.3) is 5.91 Å². The van der Waals surface area contributed by atoms with Crippen LogP contribution in [-0.2, 0) is 4.79 Å². The molecule has 21 heavy (non-hydrogen) atoms. The van der Waals surface area contributed by atoms with Crippen LogP contribution in [0.4, 0.5) is 0 Å². The van der Waals surface area contributed by atoms with Crippen LogP contribution >= 0.6 is 22.6 Å². The van der Waals surface area contributed by atoms with Gasteiger partial charge in [0.1, 0.15) is 0 Å². The molecular formula is C16H20INO3. The Morgan fingerprint density at radius 3 is 2.43 bits per heavy atom. The average Bonchev–Trinajstić information content (AvgIpc) is 2.45. The van der Waals surface area contributed by atoms with Gasteiger partial charge < -0.3 is 10.4 Å². The van der Waals surface area contributed by atoms with E-state index in [0.29, 0.717) is 5.56 Å². The molecule has 5 heteroatoms. The van der Waals surface area contributed by atoms with E-state index in [0.717, 1.165) is 22.5 Å². The number of aliphatic carboxylic acids is 1. The van der Waals surface area contributed by atoms with Crippen LogP contribution in [0.2, 0.25) is 0 Å². The van der Waals surface area contributed by atoms with Crippen LogP contribution in [0, 0.1) is 9.49 Å². The maximum atomic E-state index is 12.4. The van der Waals surface area contributed by atoms with Crippen molar-refractivity contribution in [2.45, 2.75) is 32.7 Å². The summed E-state index contributed by atoms with van der Waals surface area (Å²) in [5.74, 6) is -0.965. The van der Waals surface area contributed by atoms with Crippen molar-refractivity contribution in [2.75, 3.05) is 0 Å². The number of carboxylic acids is 1. The van der Waals surface area contributed by atoms with Gasteiger partial charge in [-0.05, 0) is 40.6 Å². The van der Waals surface area contributed by atoms with E-state index in [4.69, 9.17) is 5.11 Å². The van der Waals surface area contributed by atoms with E-state index in [9.17, 15) is 9.59 Å². The van der Waals surface area contributed by atoms with Crippen molar-refractivity contribution in [2.24, 2.45) is 5.92 Å². The lowest BCUT2D eigenvalue weighted by molar-refractivity contribution is -0.131. The monoisotopic (exact) mass is 401 g/mol. The highest BCUT2D eigenvalue weighted by atomic mass is 127. The fourth-order valence-corrected chi connectivity index (χ4v) is 2.81. The quantitative estimate of drug-likeness (QED) is 0.543. The number of benzene rings is 1. The molecule has 114 valence electrons. The van der Waals surface area contributed by atoms with E-state index in [2.05, 4.69) is 27.9 Å². The average molecular weight is 401 g/mol. The fraction of sp³-hybridized carbons (Fsp3) is 0.375. The van der Waals surface area contributed by atoms with Crippen molar-refractivity contribution in [3.05, 3.63) is 45.6 Å². The number of carbonyl (C=O) groups is 2. The number of nitrogens with one attached hydrogen (secondary N) is 1. The number of rotatable bonds is 7. The van der Waals surface area contributed by atoms with Crippen LogP contribution in [-0.4, -0.2) is 23.0 Å². The predicted octanol–water partition coefficient (Wildman–Crippen LogP) is 3.47. The van der Waals surface area contributed by atoms with Crippen molar-refractivity contribution in [1.29, 1.82) is 0 Å². The second kappa shape index (κ2) is 8.81. The molecule has 0 aromatic heterocycles. The molecule has 0 aliphatic carbocycles. The van der Waals surface area contributed by atoms with Gasteiger partial charge in [0, 0.05) is 9.65 Å². The Morgan fingerprint density at radius 1 is 1.29 bits per heavy atom. The van der Waals surface area contributed by atoms with Crippen molar-refractivity contribution < 1.29 is 14.7 Å². The number of amides is 1. The minimum Gasteiger partial charge on any atom is -0.478 e. The van der Waals surface area contributed by atoms with E-state index < -0.39 is 5.97 Å². The number of carboxylic acid groups (broad SMARTS) is 1. The van der Waals surface area contributed by atoms with Crippen LogP contribution in [0.25, 0.3) is 0 Å². The predicted molar refractivity (Wildman–Crippen MR) is 91.3 cm³/mol. The molecule has 0 saturated heterocycles. The molecule has 0 saturated carbocycles. The van der Waals surface area contributed by atoms with Crippen LogP contribution < -0.4 is 5.32 Å². The summed E-state index contributed by atoms with van der Waals surface area (Å²) in [6.07, 6.45) is 4.40. The molecule has 1 rings (SSSR count). The SMILES string of the molecule is CCC(CC)C(C=CC(=O)O)NC(=O)c1ccccc1I. The van der Waals surface area contributed by atoms with Crippen molar-refractivity contribution in [1.82, 2.24) is 5.32 Å². The Hall–Kier alpha value is -1.37. The topological polar surface area (TPSA) is 66.4 Å². The first-order valence-corrected chi connectivity index (χ1v) is 8.03. The van der Waals surface area contributed by atoms with E-state index >= 15 is 0 Å². The summed E-state index contributed by atoms with van der Waals surface area (Å²) in [6, 6.07) is 7.05. The van der Waals surface area contributed by atoms with E-state index in [1.54, 1.807) is 12.1 Å². The Bertz CT molecular complexity index is 524. The van der Waals surface area contributed by atoms with Gasteiger partial charge in [0.15, 0.2) is 0 Å². The lowest BCUT2D eigenvalue weighted by Crippen LogP contribution is -2.39. The summed E-state index contributed by atoms with van der Waals surface area (Å²) in [5.41, 5.74) is 0.609. The van der Waals surface area contributed by atoms with E-state index in [1.165, 1.54) is 0 Å². The Kier molecular flexibility index (Phi) is 7.42. The molecule has 0 aliphatic heterocycles. The molecule has 1 amide bonds. The van der Waals surface area contributed by atoms with Crippen LogP contribution in [0.1, 0.15) is 37.0 Å². The lowest BCUT2D eigenvalue weighted by atomic mass is 9.93. The molecule has 1 aromatic rings. The maximum absolute atomic E-state index is 12.4. The number of hydrogen-bond acceptors (Lipinski definition) is 2. The van der Waals surface area contributed by atoms with Gasteiger partial charge in [-0.15, -0.1) is 0 Å². The van der Waals surface area contributed by atoms with Gasteiger partial charge in [0.2, 0.25) is 0 Å². The Balaban J connectivity index is 2.92. The normalized spacial score (nSPS) is 12.6. The summed E-state index contributed by atoms with van der Waals surface area (Å²) in [6.45, 7) is 4.07. The van der Waals surface area contributed by atoms with Gasteiger partial charge in [-0.25, -0.2) is 4.79 Å². The van der Waals surface area contributed by atoms with Gasteiger partial charge in [-0.3, -0.25) is 4.79 Å². The summed E-state index contributed by atoms with van der Waals surface area (Å²) < 4.78 is 0.873. The molecule has 0 fully saturated rings. The van der Waals surface area contributed by atoms with Gasteiger partial charge >= 0.3 is 5.97 Å². The highest BCUT2D eigenvalue weighted by Crippen LogP contribution is 2.17. The lowest BCUT2D eigenvalue weighted by Gasteiger charge is -2.23.